The molecule has 0 aromatic carbocycles. The van der Waals surface area contributed by atoms with E-state index in [4.69, 9.17) is 11.6 Å². The van der Waals surface area contributed by atoms with Gasteiger partial charge in [-0.25, -0.2) is 0 Å². The first-order valence-corrected chi connectivity index (χ1v) is 3.73. The Labute approximate surface area is 70.0 Å². The molecule has 11 heavy (non-hydrogen) atoms. The number of hydrogen-bond acceptors (Lipinski definition) is 2. The van der Waals surface area contributed by atoms with Gasteiger partial charge in [0.15, 0.2) is 0 Å². The van der Waals surface area contributed by atoms with E-state index >= 15 is 0 Å². The molecule has 0 aliphatic rings. The second-order valence-corrected chi connectivity index (χ2v) is 2.94. The average Bonchev–Trinajstić information content (AvgIpc) is 2.35. The lowest BCUT2D eigenvalue weighted by Gasteiger charge is -1.95. The fourth-order valence-corrected chi connectivity index (χ4v) is 1.03. The molecule has 0 amide bonds. The minimum Gasteiger partial charge on any atom is -0.302 e. The summed E-state index contributed by atoms with van der Waals surface area (Å²) in [5.74, 6) is 0. The molecular formula is C7H9ClN2O. The van der Waals surface area contributed by atoms with Crippen LogP contribution in [-0.4, -0.2) is 21.4 Å². The third kappa shape index (κ3) is 2.35. The van der Waals surface area contributed by atoms with Crippen LogP contribution in [0.2, 0.25) is 0 Å². The predicted octanol–water partition coefficient (Wildman–Crippen LogP) is 0.769. The minimum absolute atomic E-state index is 0.431. The molecule has 60 valence electrons. The summed E-state index contributed by atoms with van der Waals surface area (Å²) in [5.41, 5.74) is 0.986. The Hall–Kier alpha value is -0.830. The van der Waals surface area contributed by atoms with Gasteiger partial charge in [-0.2, -0.15) is 5.10 Å². The number of rotatable bonds is 3. The number of aryl methyl sites for hydroxylation is 1. The molecule has 1 atom stereocenters. The van der Waals surface area contributed by atoms with Crippen molar-refractivity contribution in [3.8, 4) is 0 Å². The Morgan fingerprint density at radius 1 is 1.91 bits per heavy atom. The molecule has 1 rings (SSSR count). The highest BCUT2D eigenvalue weighted by atomic mass is 35.5. The van der Waals surface area contributed by atoms with Crippen molar-refractivity contribution in [2.45, 2.75) is 11.8 Å². The fraction of sp³-hybridized carbons (Fsp3) is 0.429. The van der Waals surface area contributed by atoms with Gasteiger partial charge in [0, 0.05) is 13.2 Å². The molecule has 1 unspecified atom stereocenters. The van der Waals surface area contributed by atoms with Crippen LogP contribution in [0.3, 0.4) is 0 Å². The maximum Gasteiger partial charge on any atom is 0.138 e. The van der Waals surface area contributed by atoms with Gasteiger partial charge in [-0.05, 0) is 12.0 Å². The molecule has 1 heterocycles. The summed E-state index contributed by atoms with van der Waals surface area (Å²) in [6.45, 7) is 0. The zero-order valence-corrected chi connectivity index (χ0v) is 6.95. The summed E-state index contributed by atoms with van der Waals surface area (Å²) >= 11 is 5.60. The third-order valence-corrected chi connectivity index (χ3v) is 1.59. The van der Waals surface area contributed by atoms with Crippen molar-refractivity contribution in [1.82, 2.24) is 9.78 Å². The molecule has 1 aromatic rings. The van der Waals surface area contributed by atoms with Crippen LogP contribution in [0.5, 0.6) is 0 Å². The standard InChI is InChI=1S/C7H9ClN2O/c1-10-4-6(3-9-10)2-7(8)5-11/h3-5,7H,2H2,1H3. The lowest BCUT2D eigenvalue weighted by atomic mass is 10.2. The topological polar surface area (TPSA) is 34.9 Å². The van der Waals surface area contributed by atoms with Crippen molar-refractivity contribution >= 4 is 17.9 Å². The van der Waals surface area contributed by atoms with E-state index in [1.165, 1.54) is 0 Å². The molecule has 0 saturated heterocycles. The number of halogens is 1. The Kier molecular flexibility index (Phi) is 2.65. The van der Waals surface area contributed by atoms with Gasteiger partial charge >= 0.3 is 0 Å². The van der Waals surface area contributed by atoms with Crippen LogP contribution in [0.4, 0.5) is 0 Å². The Balaban J connectivity index is 2.57. The quantitative estimate of drug-likeness (QED) is 0.499. The predicted molar refractivity (Wildman–Crippen MR) is 42.6 cm³/mol. The van der Waals surface area contributed by atoms with Crippen molar-refractivity contribution < 1.29 is 4.79 Å². The monoisotopic (exact) mass is 172 g/mol. The summed E-state index contributed by atoms with van der Waals surface area (Å²) in [7, 11) is 1.83. The van der Waals surface area contributed by atoms with E-state index in [1.54, 1.807) is 10.9 Å². The van der Waals surface area contributed by atoms with Crippen LogP contribution in [0.1, 0.15) is 5.56 Å². The second-order valence-electron chi connectivity index (χ2n) is 2.38. The fourth-order valence-electron chi connectivity index (χ4n) is 0.851. The molecule has 1 aromatic heterocycles. The summed E-state index contributed by atoms with van der Waals surface area (Å²) in [4.78, 5) is 10.2. The molecule has 0 saturated carbocycles. The first-order valence-electron chi connectivity index (χ1n) is 3.29. The summed E-state index contributed by atoms with van der Waals surface area (Å²) in [5, 5.41) is 3.51. The highest BCUT2D eigenvalue weighted by Crippen LogP contribution is 2.04. The Morgan fingerprint density at radius 2 is 2.64 bits per heavy atom. The van der Waals surface area contributed by atoms with Crippen LogP contribution in [0.25, 0.3) is 0 Å². The van der Waals surface area contributed by atoms with Crippen LogP contribution >= 0.6 is 11.6 Å². The van der Waals surface area contributed by atoms with Gasteiger partial charge < -0.3 is 4.79 Å². The summed E-state index contributed by atoms with van der Waals surface area (Å²) < 4.78 is 1.68. The van der Waals surface area contributed by atoms with Gasteiger partial charge in [0.2, 0.25) is 0 Å². The normalized spacial score (nSPS) is 12.9. The molecule has 0 aliphatic carbocycles. The number of alkyl halides is 1. The van der Waals surface area contributed by atoms with Gasteiger partial charge in [0.25, 0.3) is 0 Å². The molecule has 0 spiro atoms. The van der Waals surface area contributed by atoms with Gasteiger partial charge in [0.05, 0.1) is 11.6 Å². The number of carbonyl (C=O) groups is 1. The molecule has 0 aliphatic heterocycles. The van der Waals surface area contributed by atoms with Crippen molar-refractivity contribution in [1.29, 1.82) is 0 Å². The van der Waals surface area contributed by atoms with E-state index in [1.807, 2.05) is 13.2 Å². The molecule has 4 heteroatoms. The maximum absolute atomic E-state index is 10.2. The van der Waals surface area contributed by atoms with Gasteiger partial charge in [0.1, 0.15) is 6.29 Å². The number of aromatic nitrogens is 2. The smallest absolute Gasteiger partial charge is 0.138 e. The SMILES string of the molecule is Cn1cc(CC(Cl)C=O)cn1. The van der Waals surface area contributed by atoms with Crippen molar-refractivity contribution in [3.05, 3.63) is 18.0 Å². The van der Waals surface area contributed by atoms with Gasteiger partial charge in [-0.15, -0.1) is 11.6 Å². The van der Waals surface area contributed by atoms with E-state index in [9.17, 15) is 4.79 Å². The Morgan fingerprint density at radius 3 is 3.09 bits per heavy atom. The van der Waals surface area contributed by atoms with Crippen LogP contribution in [0.15, 0.2) is 12.4 Å². The zero-order chi connectivity index (χ0) is 8.27. The number of hydrogen-bond donors (Lipinski definition) is 0. The first kappa shape index (κ1) is 8.27. The number of carbonyl (C=O) groups excluding carboxylic acids is 1. The second kappa shape index (κ2) is 3.53. The zero-order valence-electron chi connectivity index (χ0n) is 6.20. The minimum atomic E-state index is -0.431. The molecular weight excluding hydrogens is 164 g/mol. The highest BCUT2D eigenvalue weighted by molar-refractivity contribution is 6.27. The maximum atomic E-state index is 10.2. The first-order chi connectivity index (χ1) is 5.22. The van der Waals surface area contributed by atoms with Crippen LogP contribution in [0, 0.1) is 0 Å². The average molecular weight is 173 g/mol. The molecule has 3 nitrogen and oxygen atoms in total. The van der Waals surface area contributed by atoms with E-state index in [-0.39, 0.29) is 0 Å². The van der Waals surface area contributed by atoms with E-state index in [2.05, 4.69) is 5.10 Å². The summed E-state index contributed by atoms with van der Waals surface area (Å²) in [6.07, 6.45) is 4.84. The van der Waals surface area contributed by atoms with Crippen molar-refractivity contribution in [2.24, 2.45) is 7.05 Å². The van der Waals surface area contributed by atoms with E-state index in [0.29, 0.717) is 6.42 Å². The Bertz CT molecular complexity index is 246. The third-order valence-electron chi connectivity index (χ3n) is 1.34. The lowest BCUT2D eigenvalue weighted by Crippen LogP contribution is -2.03. The summed E-state index contributed by atoms with van der Waals surface area (Å²) in [6, 6.07) is 0. The number of aldehydes is 1. The van der Waals surface area contributed by atoms with Crippen LogP contribution in [-0.2, 0) is 18.3 Å². The largest absolute Gasteiger partial charge is 0.302 e. The van der Waals surface area contributed by atoms with Gasteiger partial charge in [-0.1, -0.05) is 0 Å². The molecule has 0 N–H and O–H groups in total. The van der Waals surface area contributed by atoms with E-state index in [0.717, 1.165) is 11.8 Å². The van der Waals surface area contributed by atoms with E-state index < -0.39 is 5.38 Å². The molecule has 0 fully saturated rings. The van der Waals surface area contributed by atoms with Crippen molar-refractivity contribution in [2.75, 3.05) is 0 Å². The highest BCUT2D eigenvalue weighted by Gasteiger charge is 2.04. The molecule has 0 bridgehead atoms. The molecule has 0 radical (unpaired) electrons. The number of nitrogens with zero attached hydrogens (tertiary/aromatic N) is 2. The lowest BCUT2D eigenvalue weighted by molar-refractivity contribution is -0.107. The van der Waals surface area contributed by atoms with Crippen LogP contribution < -0.4 is 0 Å². The van der Waals surface area contributed by atoms with Gasteiger partial charge in [-0.3, -0.25) is 4.68 Å². The van der Waals surface area contributed by atoms with Crippen molar-refractivity contribution in [3.63, 3.8) is 0 Å².